The van der Waals surface area contributed by atoms with Gasteiger partial charge in [-0.3, -0.25) is 4.79 Å². The first-order chi connectivity index (χ1) is 14.8. The fourth-order valence-electron chi connectivity index (χ4n) is 4.14. The fourth-order valence-corrected chi connectivity index (χ4v) is 4.36. The van der Waals surface area contributed by atoms with Gasteiger partial charge in [-0.15, -0.1) is 0 Å². The topological polar surface area (TPSA) is 67.2 Å². The number of aryl methyl sites for hydroxylation is 2. The summed E-state index contributed by atoms with van der Waals surface area (Å²) >= 11 is 6.45. The summed E-state index contributed by atoms with van der Waals surface area (Å²) in [6, 6.07) is 7.64. The molecule has 7 nitrogen and oxygen atoms in total. The van der Waals surface area contributed by atoms with Gasteiger partial charge in [0.2, 0.25) is 5.91 Å². The third-order valence-electron chi connectivity index (χ3n) is 5.61. The van der Waals surface area contributed by atoms with Gasteiger partial charge in [0.05, 0.1) is 21.8 Å². The summed E-state index contributed by atoms with van der Waals surface area (Å²) in [5.74, 6) is 2.18. The molecule has 0 atom stereocenters. The van der Waals surface area contributed by atoms with Crippen molar-refractivity contribution in [1.82, 2.24) is 24.6 Å². The zero-order chi connectivity index (χ0) is 22.1. The molecule has 31 heavy (non-hydrogen) atoms. The quantitative estimate of drug-likeness (QED) is 0.609. The van der Waals surface area contributed by atoms with Crippen LogP contribution in [0.3, 0.4) is 0 Å². The summed E-state index contributed by atoms with van der Waals surface area (Å²) in [5.41, 5.74) is 2.42. The molecule has 0 aliphatic carbocycles. The Balaban J connectivity index is 1.70. The van der Waals surface area contributed by atoms with Crippen LogP contribution in [-0.2, 0) is 4.79 Å². The van der Waals surface area contributed by atoms with E-state index < -0.39 is 0 Å². The van der Waals surface area contributed by atoms with Crippen molar-refractivity contribution in [2.75, 3.05) is 31.1 Å². The molecular formula is C23H29ClN6O. The normalized spacial score (nSPS) is 15.0. The van der Waals surface area contributed by atoms with Crippen molar-refractivity contribution in [3.8, 4) is 5.69 Å². The van der Waals surface area contributed by atoms with Crippen molar-refractivity contribution in [2.45, 2.75) is 40.5 Å². The molecule has 1 amide bonds. The van der Waals surface area contributed by atoms with Gasteiger partial charge in [0.15, 0.2) is 5.65 Å². The maximum atomic E-state index is 12.6. The largest absolute Gasteiger partial charge is 0.354 e. The smallest absolute Gasteiger partial charge is 0.222 e. The maximum Gasteiger partial charge on any atom is 0.222 e. The van der Waals surface area contributed by atoms with Crippen molar-refractivity contribution in [2.24, 2.45) is 5.92 Å². The Labute approximate surface area is 188 Å². The lowest BCUT2D eigenvalue weighted by molar-refractivity contribution is -0.131. The molecule has 2 aromatic heterocycles. The van der Waals surface area contributed by atoms with E-state index in [1.807, 2.05) is 47.7 Å². The van der Waals surface area contributed by atoms with Crippen molar-refractivity contribution in [1.29, 1.82) is 0 Å². The summed E-state index contributed by atoms with van der Waals surface area (Å²) in [5, 5.41) is 6.32. The van der Waals surface area contributed by atoms with Gasteiger partial charge in [-0.1, -0.05) is 37.6 Å². The van der Waals surface area contributed by atoms with E-state index in [0.717, 1.165) is 54.3 Å². The van der Waals surface area contributed by atoms with Crippen LogP contribution in [0.4, 0.5) is 5.82 Å². The first-order valence-electron chi connectivity index (χ1n) is 10.9. The van der Waals surface area contributed by atoms with Gasteiger partial charge < -0.3 is 9.80 Å². The molecule has 1 aliphatic rings. The monoisotopic (exact) mass is 440 g/mol. The first kappa shape index (κ1) is 21.6. The third kappa shape index (κ3) is 4.37. The standard InChI is InChI=1S/C23H29ClN6O/c1-15(2)14-20(31)28-10-7-11-29(13-12-28)22-21-16(3)27-30(23(21)26-17(4)25-22)19-9-6-5-8-18(19)24/h5-6,8-9,15H,7,10-14H2,1-4H3. The number of nitrogens with zero attached hydrogens (tertiary/aromatic N) is 6. The average Bonchev–Trinajstić information content (AvgIpc) is 2.89. The van der Waals surface area contributed by atoms with Crippen LogP contribution in [0.1, 0.15) is 38.2 Å². The molecule has 8 heteroatoms. The summed E-state index contributed by atoms with van der Waals surface area (Å²) in [7, 11) is 0. The Morgan fingerprint density at radius 1 is 1.10 bits per heavy atom. The molecule has 3 heterocycles. The molecular weight excluding hydrogens is 412 g/mol. The summed E-state index contributed by atoms with van der Waals surface area (Å²) in [6.07, 6.45) is 1.51. The minimum Gasteiger partial charge on any atom is -0.354 e. The van der Waals surface area contributed by atoms with Gasteiger partial charge in [0.1, 0.15) is 11.6 Å². The van der Waals surface area contributed by atoms with Crippen LogP contribution in [0.2, 0.25) is 5.02 Å². The van der Waals surface area contributed by atoms with Crippen LogP contribution >= 0.6 is 11.6 Å². The molecule has 0 saturated carbocycles. The fraction of sp³-hybridized carbons (Fsp3) is 0.478. The SMILES string of the molecule is Cc1nc(N2CCCN(C(=O)CC(C)C)CC2)c2c(C)nn(-c3ccccc3Cl)c2n1. The van der Waals surface area contributed by atoms with Crippen LogP contribution in [0.15, 0.2) is 24.3 Å². The molecule has 0 unspecified atom stereocenters. The zero-order valence-corrected chi connectivity index (χ0v) is 19.4. The second kappa shape index (κ2) is 8.83. The van der Waals surface area contributed by atoms with Gasteiger partial charge in [0, 0.05) is 32.6 Å². The molecule has 1 aromatic carbocycles. The maximum absolute atomic E-state index is 12.6. The van der Waals surface area contributed by atoms with Crippen LogP contribution in [0, 0.1) is 19.8 Å². The van der Waals surface area contributed by atoms with Gasteiger partial charge in [-0.05, 0) is 38.3 Å². The number of halogens is 1. The Morgan fingerprint density at radius 3 is 2.61 bits per heavy atom. The molecule has 3 aromatic rings. The number of amides is 1. The lowest BCUT2D eigenvalue weighted by atomic mass is 10.1. The Kier molecular flexibility index (Phi) is 6.14. The summed E-state index contributed by atoms with van der Waals surface area (Å²) in [4.78, 5) is 26.3. The molecule has 4 rings (SSSR count). The van der Waals surface area contributed by atoms with E-state index in [0.29, 0.717) is 29.7 Å². The molecule has 1 fully saturated rings. The van der Waals surface area contributed by atoms with E-state index in [1.54, 1.807) is 0 Å². The number of hydrogen-bond donors (Lipinski definition) is 0. The molecule has 164 valence electrons. The molecule has 0 spiro atoms. The van der Waals surface area contributed by atoms with Gasteiger partial charge in [-0.2, -0.15) is 5.10 Å². The minimum absolute atomic E-state index is 0.239. The second-order valence-corrected chi connectivity index (χ2v) is 8.97. The number of benzene rings is 1. The Morgan fingerprint density at radius 2 is 1.87 bits per heavy atom. The summed E-state index contributed by atoms with van der Waals surface area (Å²) in [6.45, 7) is 11.1. The van der Waals surface area contributed by atoms with Crippen LogP contribution in [0.5, 0.6) is 0 Å². The van der Waals surface area contributed by atoms with E-state index in [1.165, 1.54) is 0 Å². The minimum atomic E-state index is 0.239. The Hall–Kier alpha value is -2.67. The number of carbonyl (C=O) groups is 1. The van der Waals surface area contributed by atoms with E-state index in [-0.39, 0.29) is 5.91 Å². The van der Waals surface area contributed by atoms with Gasteiger partial charge >= 0.3 is 0 Å². The Bertz CT molecular complexity index is 1110. The average molecular weight is 441 g/mol. The van der Waals surface area contributed by atoms with Crippen LogP contribution in [-0.4, -0.2) is 56.7 Å². The number of rotatable bonds is 4. The number of aromatic nitrogens is 4. The first-order valence-corrected chi connectivity index (χ1v) is 11.2. The third-order valence-corrected chi connectivity index (χ3v) is 5.93. The molecule has 0 bridgehead atoms. The predicted molar refractivity (Wildman–Crippen MR) is 124 cm³/mol. The highest BCUT2D eigenvalue weighted by Crippen LogP contribution is 2.31. The number of para-hydroxylation sites is 1. The highest BCUT2D eigenvalue weighted by molar-refractivity contribution is 6.32. The highest BCUT2D eigenvalue weighted by Gasteiger charge is 2.25. The number of carbonyl (C=O) groups excluding carboxylic acids is 1. The zero-order valence-electron chi connectivity index (χ0n) is 18.6. The number of hydrogen-bond acceptors (Lipinski definition) is 5. The van der Waals surface area contributed by atoms with E-state index >= 15 is 0 Å². The molecule has 0 radical (unpaired) electrons. The lowest BCUT2D eigenvalue weighted by Crippen LogP contribution is -2.36. The van der Waals surface area contributed by atoms with Crippen molar-refractivity contribution in [3.05, 3.63) is 40.8 Å². The molecule has 1 saturated heterocycles. The van der Waals surface area contributed by atoms with Crippen molar-refractivity contribution >= 4 is 34.4 Å². The number of anilines is 1. The predicted octanol–water partition coefficient (Wildman–Crippen LogP) is 4.17. The van der Waals surface area contributed by atoms with Crippen molar-refractivity contribution in [3.63, 3.8) is 0 Å². The number of fused-ring (bicyclic) bond motifs is 1. The van der Waals surface area contributed by atoms with Crippen LogP contribution in [0.25, 0.3) is 16.7 Å². The lowest BCUT2D eigenvalue weighted by Gasteiger charge is -2.24. The molecule has 0 N–H and O–H groups in total. The van der Waals surface area contributed by atoms with Gasteiger partial charge in [0.25, 0.3) is 0 Å². The summed E-state index contributed by atoms with van der Waals surface area (Å²) < 4.78 is 1.81. The van der Waals surface area contributed by atoms with E-state index in [2.05, 4.69) is 18.7 Å². The highest BCUT2D eigenvalue weighted by atomic mass is 35.5. The van der Waals surface area contributed by atoms with E-state index in [4.69, 9.17) is 26.7 Å². The molecule has 1 aliphatic heterocycles. The van der Waals surface area contributed by atoms with E-state index in [9.17, 15) is 4.79 Å². The second-order valence-electron chi connectivity index (χ2n) is 8.56. The van der Waals surface area contributed by atoms with Crippen molar-refractivity contribution < 1.29 is 4.79 Å². The van der Waals surface area contributed by atoms with Gasteiger partial charge in [-0.25, -0.2) is 14.6 Å². The van der Waals surface area contributed by atoms with Crippen LogP contribution < -0.4 is 4.90 Å².